The van der Waals surface area contributed by atoms with Gasteiger partial charge in [-0.15, -0.1) is 0 Å². The Morgan fingerprint density at radius 2 is 1.86 bits per heavy atom. The molecule has 2 rings (SSSR count). The molecule has 0 aromatic heterocycles. The van der Waals surface area contributed by atoms with Crippen LogP contribution < -0.4 is 10.6 Å². The van der Waals surface area contributed by atoms with E-state index < -0.39 is 9.84 Å². The number of nitrogens with one attached hydrogen (secondary N) is 2. The van der Waals surface area contributed by atoms with Crippen molar-refractivity contribution >= 4 is 15.8 Å². The van der Waals surface area contributed by atoms with Crippen LogP contribution in [0, 0.1) is 0 Å². The van der Waals surface area contributed by atoms with E-state index in [4.69, 9.17) is 0 Å². The molecule has 0 amide bonds. The van der Waals surface area contributed by atoms with Gasteiger partial charge in [-0.1, -0.05) is 24.3 Å². The van der Waals surface area contributed by atoms with E-state index >= 15 is 0 Å². The standard InChI is InChI=1S/C15H21N3O2S/c1-16-15(18-13-5-3-4-6-13)17-11-12-7-9-14(10-8-12)21(2,19)20/h3-4,7-10,13H,5-6,11H2,1-2H3,(H2,16,17,18). The summed E-state index contributed by atoms with van der Waals surface area (Å²) in [6.07, 6.45) is 7.57. The van der Waals surface area contributed by atoms with Crippen LogP contribution in [0.2, 0.25) is 0 Å². The first-order chi connectivity index (χ1) is 9.99. The topological polar surface area (TPSA) is 70.6 Å². The Bertz CT molecular complexity index is 625. The molecule has 0 heterocycles. The van der Waals surface area contributed by atoms with Crippen LogP contribution >= 0.6 is 0 Å². The molecule has 5 nitrogen and oxygen atoms in total. The van der Waals surface area contributed by atoms with E-state index in [9.17, 15) is 8.42 Å². The van der Waals surface area contributed by atoms with Crippen molar-refractivity contribution in [3.8, 4) is 0 Å². The maximum absolute atomic E-state index is 11.4. The summed E-state index contributed by atoms with van der Waals surface area (Å²) in [4.78, 5) is 4.53. The van der Waals surface area contributed by atoms with Gasteiger partial charge < -0.3 is 10.6 Å². The van der Waals surface area contributed by atoms with Crippen molar-refractivity contribution in [2.75, 3.05) is 13.3 Å². The van der Waals surface area contributed by atoms with Gasteiger partial charge in [-0.05, 0) is 30.5 Å². The van der Waals surface area contributed by atoms with Gasteiger partial charge in [0.05, 0.1) is 4.90 Å². The Balaban J connectivity index is 1.89. The van der Waals surface area contributed by atoms with Gasteiger partial charge in [0.15, 0.2) is 15.8 Å². The Kier molecular flexibility index (Phi) is 5.01. The Morgan fingerprint density at radius 1 is 1.24 bits per heavy atom. The van der Waals surface area contributed by atoms with Crippen LogP contribution in [0.15, 0.2) is 46.3 Å². The largest absolute Gasteiger partial charge is 0.353 e. The first kappa shape index (κ1) is 15.6. The summed E-state index contributed by atoms with van der Waals surface area (Å²) in [6, 6.07) is 7.29. The lowest BCUT2D eigenvalue weighted by Gasteiger charge is -2.17. The fourth-order valence-electron chi connectivity index (χ4n) is 2.16. The molecule has 0 spiro atoms. The van der Waals surface area contributed by atoms with Crippen LogP contribution in [0.3, 0.4) is 0 Å². The third kappa shape index (κ3) is 4.60. The molecule has 21 heavy (non-hydrogen) atoms. The van der Waals surface area contributed by atoms with Gasteiger partial charge in [-0.25, -0.2) is 8.42 Å². The number of hydrogen-bond acceptors (Lipinski definition) is 3. The predicted molar refractivity (Wildman–Crippen MR) is 85.0 cm³/mol. The molecule has 1 aromatic rings. The summed E-state index contributed by atoms with van der Waals surface area (Å²) in [6.45, 7) is 0.601. The van der Waals surface area contributed by atoms with Gasteiger partial charge in [0.25, 0.3) is 0 Å². The highest BCUT2D eigenvalue weighted by molar-refractivity contribution is 7.90. The highest BCUT2D eigenvalue weighted by Gasteiger charge is 2.11. The minimum absolute atomic E-state index is 0.339. The molecule has 0 radical (unpaired) electrons. The number of rotatable bonds is 4. The number of sulfone groups is 1. The Labute approximate surface area is 126 Å². The average molecular weight is 307 g/mol. The van der Waals surface area contributed by atoms with Crippen molar-refractivity contribution < 1.29 is 8.42 Å². The van der Waals surface area contributed by atoms with Crippen LogP contribution in [0.5, 0.6) is 0 Å². The minimum atomic E-state index is -3.13. The molecule has 0 unspecified atom stereocenters. The predicted octanol–water partition coefficient (Wildman–Crippen LogP) is 1.47. The van der Waals surface area contributed by atoms with Crippen LogP contribution in [-0.2, 0) is 16.4 Å². The molecule has 114 valence electrons. The monoisotopic (exact) mass is 307 g/mol. The van der Waals surface area contributed by atoms with Gasteiger partial charge in [-0.2, -0.15) is 0 Å². The third-order valence-electron chi connectivity index (χ3n) is 3.38. The third-order valence-corrected chi connectivity index (χ3v) is 4.51. The first-order valence-electron chi connectivity index (χ1n) is 6.90. The Morgan fingerprint density at radius 3 is 2.38 bits per heavy atom. The molecule has 6 heteroatoms. The summed E-state index contributed by atoms with van der Waals surface area (Å²) in [7, 11) is -1.39. The molecule has 0 aliphatic heterocycles. The Hall–Kier alpha value is -1.82. The second kappa shape index (κ2) is 6.76. The molecular formula is C15H21N3O2S. The summed E-state index contributed by atoms with van der Waals surface area (Å²) in [5.74, 6) is 0.760. The van der Waals surface area contributed by atoms with Crippen molar-refractivity contribution in [1.29, 1.82) is 0 Å². The quantitative estimate of drug-likeness (QED) is 0.502. The lowest BCUT2D eigenvalue weighted by Crippen LogP contribution is -2.42. The summed E-state index contributed by atoms with van der Waals surface area (Å²) in [5, 5.41) is 6.58. The van der Waals surface area contributed by atoms with Gasteiger partial charge in [0, 0.05) is 25.9 Å². The van der Waals surface area contributed by atoms with Crippen molar-refractivity contribution in [3.05, 3.63) is 42.0 Å². The van der Waals surface area contributed by atoms with Gasteiger partial charge in [-0.3, -0.25) is 4.99 Å². The minimum Gasteiger partial charge on any atom is -0.353 e. The van der Waals surface area contributed by atoms with Crippen LogP contribution in [0.4, 0.5) is 0 Å². The molecule has 0 atom stereocenters. The zero-order valence-electron chi connectivity index (χ0n) is 12.3. The van der Waals surface area contributed by atoms with E-state index in [2.05, 4.69) is 27.8 Å². The van der Waals surface area contributed by atoms with Gasteiger partial charge in [0.2, 0.25) is 0 Å². The van der Waals surface area contributed by atoms with E-state index in [1.807, 2.05) is 12.1 Å². The van der Waals surface area contributed by atoms with E-state index in [0.29, 0.717) is 17.5 Å². The zero-order chi connectivity index (χ0) is 15.3. The molecular weight excluding hydrogens is 286 g/mol. The summed E-state index contributed by atoms with van der Waals surface area (Å²) < 4.78 is 22.8. The molecule has 0 saturated carbocycles. The van der Waals surface area contributed by atoms with Crippen molar-refractivity contribution in [1.82, 2.24) is 10.6 Å². The van der Waals surface area contributed by atoms with Gasteiger partial charge in [0.1, 0.15) is 0 Å². The average Bonchev–Trinajstić information content (AvgIpc) is 2.96. The van der Waals surface area contributed by atoms with E-state index in [1.165, 1.54) is 6.26 Å². The van der Waals surface area contributed by atoms with Gasteiger partial charge >= 0.3 is 0 Å². The molecule has 0 bridgehead atoms. The SMILES string of the molecule is CN=C(NCc1ccc(S(C)(=O)=O)cc1)NC1CC=CC1. The second-order valence-electron chi connectivity index (χ2n) is 5.13. The van der Waals surface area contributed by atoms with Crippen LogP contribution in [-0.4, -0.2) is 33.7 Å². The highest BCUT2D eigenvalue weighted by atomic mass is 32.2. The number of benzene rings is 1. The van der Waals surface area contributed by atoms with E-state index in [-0.39, 0.29) is 0 Å². The molecule has 0 saturated heterocycles. The van der Waals surface area contributed by atoms with Crippen molar-refractivity contribution in [3.63, 3.8) is 0 Å². The van der Waals surface area contributed by atoms with Crippen LogP contribution in [0.1, 0.15) is 18.4 Å². The smallest absolute Gasteiger partial charge is 0.191 e. The van der Waals surface area contributed by atoms with Crippen molar-refractivity contribution in [2.45, 2.75) is 30.3 Å². The number of aliphatic imine (C=N–C) groups is 1. The molecule has 1 aliphatic rings. The van der Waals surface area contributed by atoms with Crippen molar-refractivity contribution in [2.24, 2.45) is 4.99 Å². The molecule has 1 aliphatic carbocycles. The van der Waals surface area contributed by atoms with Crippen LogP contribution in [0.25, 0.3) is 0 Å². The number of guanidine groups is 1. The fourth-order valence-corrected chi connectivity index (χ4v) is 2.79. The van der Waals surface area contributed by atoms with E-state index in [1.54, 1.807) is 19.2 Å². The first-order valence-corrected chi connectivity index (χ1v) is 8.79. The lowest BCUT2D eigenvalue weighted by molar-refractivity contribution is 0.602. The number of nitrogens with zero attached hydrogens (tertiary/aromatic N) is 1. The molecule has 1 aromatic carbocycles. The normalized spacial score (nSPS) is 16.2. The highest BCUT2D eigenvalue weighted by Crippen LogP contribution is 2.11. The lowest BCUT2D eigenvalue weighted by atomic mass is 10.2. The zero-order valence-corrected chi connectivity index (χ0v) is 13.2. The molecule has 2 N–H and O–H groups in total. The summed E-state index contributed by atoms with van der Waals surface area (Å²) in [5.41, 5.74) is 1.01. The van der Waals surface area contributed by atoms with E-state index in [0.717, 1.165) is 24.4 Å². The molecule has 0 fully saturated rings. The fraction of sp³-hybridized carbons (Fsp3) is 0.400. The second-order valence-corrected chi connectivity index (χ2v) is 7.14. The maximum atomic E-state index is 11.4. The summed E-state index contributed by atoms with van der Waals surface area (Å²) >= 11 is 0. The number of hydrogen-bond donors (Lipinski definition) is 2. The maximum Gasteiger partial charge on any atom is 0.191 e.